The van der Waals surface area contributed by atoms with Crippen LogP contribution in [0.2, 0.25) is 0 Å². The molecular formula is C25H23N5O3. The van der Waals surface area contributed by atoms with E-state index in [0.717, 1.165) is 16.7 Å². The molecule has 5 rings (SSSR count). The molecule has 166 valence electrons. The van der Waals surface area contributed by atoms with Crippen LogP contribution in [0.3, 0.4) is 0 Å². The molecule has 0 unspecified atom stereocenters. The lowest BCUT2D eigenvalue weighted by molar-refractivity contribution is 0.0694. The van der Waals surface area contributed by atoms with Gasteiger partial charge in [-0.3, -0.25) is 4.79 Å². The quantitative estimate of drug-likeness (QED) is 0.472. The molecule has 1 atom stereocenters. The number of benzene rings is 3. The highest BCUT2D eigenvalue weighted by Gasteiger charge is 2.34. The zero-order chi connectivity index (χ0) is 22.8. The molecule has 1 aromatic heterocycles. The van der Waals surface area contributed by atoms with Gasteiger partial charge in [-0.15, -0.1) is 5.10 Å². The summed E-state index contributed by atoms with van der Waals surface area (Å²) in [6, 6.07) is 21.1. The van der Waals surface area contributed by atoms with Crippen LogP contribution in [-0.4, -0.2) is 51.8 Å². The fourth-order valence-electron chi connectivity index (χ4n) is 4.44. The molecule has 1 aliphatic heterocycles. The molecule has 33 heavy (non-hydrogen) atoms. The van der Waals surface area contributed by atoms with E-state index >= 15 is 0 Å². The molecule has 1 amide bonds. The first-order valence-corrected chi connectivity index (χ1v) is 10.6. The van der Waals surface area contributed by atoms with E-state index in [2.05, 4.69) is 15.5 Å². The van der Waals surface area contributed by atoms with Crippen LogP contribution in [0.4, 0.5) is 0 Å². The fourth-order valence-corrected chi connectivity index (χ4v) is 4.44. The smallest absolute Gasteiger partial charge is 0.256 e. The minimum absolute atomic E-state index is 0.0876. The van der Waals surface area contributed by atoms with Crippen molar-refractivity contribution in [2.24, 2.45) is 0 Å². The molecule has 2 heterocycles. The van der Waals surface area contributed by atoms with Crippen molar-refractivity contribution in [3.63, 3.8) is 0 Å². The number of carbonyl (C=O) groups excluding carboxylic acids is 1. The summed E-state index contributed by atoms with van der Waals surface area (Å²) in [5.41, 5.74) is 4.36. The number of carbonyl (C=O) groups is 1. The third kappa shape index (κ3) is 3.69. The standard InChI is InChI=1S/C25H23N5O3/c1-32-22-14-18-12-13-29(24(17-8-4-3-5-9-17)20(18)15-23(22)33-2)25(31)19-10-6-7-11-21(19)30-16-26-27-28-30/h3-11,14-16,24H,12-13H2,1-2H3/t24-/m0/s1. The van der Waals surface area contributed by atoms with Gasteiger partial charge < -0.3 is 14.4 Å². The topological polar surface area (TPSA) is 82.4 Å². The average Bonchev–Trinajstić information content (AvgIpc) is 3.42. The Hall–Kier alpha value is -4.20. The number of rotatable bonds is 5. The van der Waals surface area contributed by atoms with Gasteiger partial charge in [0.2, 0.25) is 0 Å². The number of hydrogen-bond acceptors (Lipinski definition) is 6. The second-order valence-corrected chi connectivity index (χ2v) is 7.74. The van der Waals surface area contributed by atoms with Gasteiger partial charge in [0, 0.05) is 6.54 Å². The molecule has 1 aliphatic rings. The lowest BCUT2D eigenvalue weighted by Gasteiger charge is -2.38. The van der Waals surface area contributed by atoms with Crippen molar-refractivity contribution in [1.29, 1.82) is 0 Å². The Kier molecular flexibility index (Phi) is 5.48. The largest absolute Gasteiger partial charge is 0.493 e. The van der Waals surface area contributed by atoms with E-state index in [1.807, 2.05) is 71.6 Å². The Bertz CT molecular complexity index is 1270. The summed E-state index contributed by atoms with van der Waals surface area (Å²) < 4.78 is 12.6. The van der Waals surface area contributed by atoms with Crippen molar-refractivity contribution in [3.05, 3.63) is 95.3 Å². The molecule has 8 nitrogen and oxygen atoms in total. The van der Waals surface area contributed by atoms with Crippen LogP contribution in [-0.2, 0) is 6.42 Å². The van der Waals surface area contributed by atoms with Crippen molar-refractivity contribution in [2.75, 3.05) is 20.8 Å². The normalized spacial score (nSPS) is 15.1. The first-order chi connectivity index (χ1) is 16.2. The Morgan fingerprint density at radius 2 is 1.70 bits per heavy atom. The number of nitrogens with zero attached hydrogens (tertiary/aromatic N) is 5. The predicted molar refractivity (Wildman–Crippen MR) is 122 cm³/mol. The summed E-state index contributed by atoms with van der Waals surface area (Å²) in [6.07, 6.45) is 2.20. The molecule has 0 N–H and O–H groups in total. The second-order valence-electron chi connectivity index (χ2n) is 7.74. The lowest BCUT2D eigenvalue weighted by Crippen LogP contribution is -2.41. The summed E-state index contributed by atoms with van der Waals surface area (Å²) >= 11 is 0. The van der Waals surface area contributed by atoms with Crippen LogP contribution >= 0.6 is 0 Å². The first-order valence-electron chi connectivity index (χ1n) is 10.6. The number of aromatic nitrogens is 4. The van der Waals surface area contributed by atoms with E-state index in [0.29, 0.717) is 35.7 Å². The molecular weight excluding hydrogens is 418 g/mol. The van der Waals surface area contributed by atoms with Crippen LogP contribution in [0, 0.1) is 0 Å². The van der Waals surface area contributed by atoms with Gasteiger partial charge in [-0.25, -0.2) is 0 Å². The zero-order valence-corrected chi connectivity index (χ0v) is 18.4. The summed E-state index contributed by atoms with van der Waals surface area (Å²) in [5, 5.41) is 11.4. The molecule has 0 saturated carbocycles. The Morgan fingerprint density at radius 3 is 2.42 bits per heavy atom. The average molecular weight is 441 g/mol. The van der Waals surface area contributed by atoms with Crippen molar-refractivity contribution < 1.29 is 14.3 Å². The van der Waals surface area contributed by atoms with Crippen LogP contribution in [0.1, 0.15) is 33.1 Å². The van der Waals surface area contributed by atoms with Gasteiger partial charge in [-0.2, -0.15) is 4.68 Å². The van der Waals surface area contributed by atoms with Crippen molar-refractivity contribution in [1.82, 2.24) is 25.1 Å². The Labute approximate surface area is 191 Å². The minimum Gasteiger partial charge on any atom is -0.493 e. The highest BCUT2D eigenvalue weighted by Crippen LogP contribution is 2.41. The number of hydrogen-bond donors (Lipinski definition) is 0. The monoisotopic (exact) mass is 441 g/mol. The molecule has 0 fully saturated rings. The van der Waals surface area contributed by atoms with E-state index in [1.54, 1.807) is 14.2 Å². The molecule has 3 aromatic carbocycles. The fraction of sp³-hybridized carbons (Fsp3) is 0.200. The highest BCUT2D eigenvalue weighted by atomic mass is 16.5. The van der Waals surface area contributed by atoms with E-state index in [1.165, 1.54) is 11.0 Å². The molecule has 8 heteroatoms. The maximum Gasteiger partial charge on any atom is 0.256 e. The summed E-state index contributed by atoms with van der Waals surface area (Å²) in [4.78, 5) is 15.9. The van der Waals surface area contributed by atoms with Crippen LogP contribution in [0.5, 0.6) is 11.5 Å². The maximum atomic E-state index is 14.0. The van der Waals surface area contributed by atoms with E-state index < -0.39 is 0 Å². The maximum absolute atomic E-state index is 14.0. The van der Waals surface area contributed by atoms with Gasteiger partial charge in [0.05, 0.1) is 31.5 Å². The zero-order valence-electron chi connectivity index (χ0n) is 18.4. The number of para-hydroxylation sites is 1. The third-order valence-electron chi connectivity index (χ3n) is 5.98. The van der Waals surface area contributed by atoms with E-state index in [4.69, 9.17) is 9.47 Å². The van der Waals surface area contributed by atoms with Gasteiger partial charge >= 0.3 is 0 Å². The second kappa shape index (κ2) is 8.74. The Balaban J connectivity index is 1.64. The number of ether oxygens (including phenoxy) is 2. The van der Waals surface area contributed by atoms with Gasteiger partial charge in [0.15, 0.2) is 11.5 Å². The summed E-state index contributed by atoms with van der Waals surface area (Å²) in [7, 11) is 3.25. The van der Waals surface area contributed by atoms with Gasteiger partial charge in [-0.05, 0) is 57.8 Å². The first kappa shape index (κ1) is 20.7. The van der Waals surface area contributed by atoms with E-state index in [9.17, 15) is 4.79 Å². The lowest BCUT2D eigenvalue weighted by atomic mass is 9.87. The highest BCUT2D eigenvalue weighted by molar-refractivity contribution is 5.98. The molecule has 0 spiro atoms. The number of amides is 1. The van der Waals surface area contributed by atoms with Crippen molar-refractivity contribution >= 4 is 5.91 Å². The Morgan fingerprint density at radius 1 is 0.970 bits per heavy atom. The van der Waals surface area contributed by atoms with E-state index in [-0.39, 0.29) is 11.9 Å². The molecule has 0 saturated heterocycles. The molecule has 0 aliphatic carbocycles. The third-order valence-corrected chi connectivity index (χ3v) is 5.98. The molecule has 0 radical (unpaired) electrons. The van der Waals surface area contributed by atoms with Crippen molar-refractivity contribution in [2.45, 2.75) is 12.5 Å². The summed E-state index contributed by atoms with van der Waals surface area (Å²) in [6.45, 7) is 0.560. The summed E-state index contributed by atoms with van der Waals surface area (Å²) in [5.74, 6) is 1.24. The van der Waals surface area contributed by atoms with Crippen LogP contribution < -0.4 is 9.47 Å². The van der Waals surface area contributed by atoms with Crippen LogP contribution in [0.15, 0.2) is 73.1 Å². The molecule has 4 aromatic rings. The minimum atomic E-state index is -0.274. The number of fused-ring (bicyclic) bond motifs is 1. The predicted octanol–water partition coefficient (Wildman–Crippen LogP) is 3.47. The number of tetrazole rings is 1. The SMILES string of the molecule is COc1cc2c(cc1OC)[C@H](c1ccccc1)N(C(=O)c1ccccc1-n1cnnn1)CC2. The van der Waals surface area contributed by atoms with Gasteiger partial charge in [-0.1, -0.05) is 42.5 Å². The van der Waals surface area contributed by atoms with Gasteiger partial charge in [0.25, 0.3) is 5.91 Å². The van der Waals surface area contributed by atoms with Gasteiger partial charge in [0.1, 0.15) is 6.33 Å². The van der Waals surface area contributed by atoms with Crippen LogP contribution in [0.25, 0.3) is 5.69 Å². The molecule has 0 bridgehead atoms. The van der Waals surface area contributed by atoms with Crippen molar-refractivity contribution in [3.8, 4) is 17.2 Å². The number of methoxy groups -OCH3 is 2.